The van der Waals surface area contributed by atoms with Crippen molar-refractivity contribution in [2.75, 3.05) is 13.1 Å². The Kier molecular flexibility index (Phi) is 4.97. The van der Waals surface area contributed by atoms with E-state index in [9.17, 15) is 13.6 Å². The van der Waals surface area contributed by atoms with Crippen LogP contribution in [0.1, 0.15) is 20.8 Å². The van der Waals surface area contributed by atoms with Crippen molar-refractivity contribution < 1.29 is 18.7 Å². The van der Waals surface area contributed by atoms with E-state index in [4.69, 9.17) is 5.11 Å². The van der Waals surface area contributed by atoms with Gasteiger partial charge >= 0.3 is 11.9 Å². The van der Waals surface area contributed by atoms with Gasteiger partial charge in [0.05, 0.1) is 6.54 Å². The van der Waals surface area contributed by atoms with E-state index in [1.807, 2.05) is 20.8 Å². The second-order valence-corrected chi connectivity index (χ2v) is 3.86. The Hall–Kier alpha value is -0.710. The molecular weight excluding hydrogens is 192 g/mol. The summed E-state index contributed by atoms with van der Waals surface area (Å²) < 4.78 is 25.1. The second-order valence-electron chi connectivity index (χ2n) is 3.86. The first kappa shape index (κ1) is 13.3. The van der Waals surface area contributed by atoms with E-state index in [0.717, 1.165) is 0 Å². The van der Waals surface area contributed by atoms with Crippen LogP contribution in [0.5, 0.6) is 0 Å². The van der Waals surface area contributed by atoms with Gasteiger partial charge in [-0.05, 0) is 18.4 Å². The first-order valence-electron chi connectivity index (χ1n) is 4.59. The third kappa shape index (κ3) is 4.50. The van der Waals surface area contributed by atoms with Crippen molar-refractivity contribution in [2.24, 2.45) is 11.8 Å². The zero-order valence-electron chi connectivity index (χ0n) is 8.68. The first-order chi connectivity index (χ1) is 6.27. The molecule has 5 heteroatoms. The molecule has 14 heavy (non-hydrogen) atoms. The van der Waals surface area contributed by atoms with Crippen LogP contribution in [0, 0.1) is 11.8 Å². The Labute approximate surface area is 82.5 Å². The number of alkyl halides is 2. The molecule has 0 saturated heterocycles. The molecule has 0 aromatic rings. The maximum atomic E-state index is 12.5. The standard InChI is InChI=1S/C9H17F2NO2/c1-6(2)7(3)4-12-5-9(10,11)8(13)14/h6-7,12H,4-5H2,1-3H3,(H,13,14). The number of carbonyl (C=O) groups is 1. The number of halogens is 2. The van der Waals surface area contributed by atoms with Gasteiger partial charge in [0.25, 0.3) is 0 Å². The average Bonchev–Trinajstić information content (AvgIpc) is 2.03. The highest BCUT2D eigenvalue weighted by Crippen LogP contribution is 2.13. The van der Waals surface area contributed by atoms with E-state index in [0.29, 0.717) is 12.5 Å². The van der Waals surface area contributed by atoms with Crippen LogP contribution in [0.2, 0.25) is 0 Å². The predicted molar refractivity (Wildman–Crippen MR) is 49.5 cm³/mol. The van der Waals surface area contributed by atoms with Crippen molar-refractivity contribution in [1.82, 2.24) is 5.32 Å². The summed E-state index contributed by atoms with van der Waals surface area (Å²) in [7, 11) is 0. The van der Waals surface area contributed by atoms with Gasteiger partial charge in [0.1, 0.15) is 0 Å². The molecule has 0 aromatic carbocycles. The minimum Gasteiger partial charge on any atom is -0.477 e. The van der Waals surface area contributed by atoms with Crippen LogP contribution in [0.25, 0.3) is 0 Å². The van der Waals surface area contributed by atoms with E-state index < -0.39 is 18.4 Å². The summed E-state index contributed by atoms with van der Waals surface area (Å²) in [6, 6.07) is 0. The molecule has 1 atom stereocenters. The number of rotatable bonds is 6. The van der Waals surface area contributed by atoms with Crippen LogP contribution < -0.4 is 5.32 Å². The monoisotopic (exact) mass is 209 g/mol. The summed E-state index contributed by atoms with van der Waals surface area (Å²) in [6.07, 6.45) is 0. The fourth-order valence-electron chi connectivity index (χ4n) is 0.768. The topological polar surface area (TPSA) is 49.3 Å². The number of nitrogens with one attached hydrogen (secondary N) is 1. The van der Waals surface area contributed by atoms with Crippen molar-refractivity contribution in [1.29, 1.82) is 0 Å². The van der Waals surface area contributed by atoms with Crippen LogP contribution in [0.15, 0.2) is 0 Å². The molecule has 0 heterocycles. The van der Waals surface area contributed by atoms with Crippen LogP contribution >= 0.6 is 0 Å². The Morgan fingerprint density at radius 3 is 2.29 bits per heavy atom. The fourth-order valence-corrected chi connectivity index (χ4v) is 0.768. The molecule has 0 amide bonds. The van der Waals surface area contributed by atoms with Gasteiger partial charge in [0.15, 0.2) is 0 Å². The summed E-state index contributed by atoms with van der Waals surface area (Å²) in [5.41, 5.74) is 0. The molecule has 0 aliphatic rings. The van der Waals surface area contributed by atoms with Crippen molar-refractivity contribution in [3.8, 4) is 0 Å². The summed E-state index contributed by atoms with van der Waals surface area (Å²) in [5, 5.41) is 10.6. The van der Waals surface area contributed by atoms with Crippen molar-refractivity contribution >= 4 is 5.97 Å². The lowest BCUT2D eigenvalue weighted by molar-refractivity contribution is -0.164. The van der Waals surface area contributed by atoms with E-state index in [-0.39, 0.29) is 5.92 Å². The lowest BCUT2D eigenvalue weighted by atomic mass is 9.98. The van der Waals surface area contributed by atoms with E-state index in [1.54, 1.807) is 0 Å². The molecule has 0 aliphatic heterocycles. The smallest absolute Gasteiger partial charge is 0.375 e. The van der Waals surface area contributed by atoms with E-state index >= 15 is 0 Å². The zero-order valence-corrected chi connectivity index (χ0v) is 8.68. The van der Waals surface area contributed by atoms with Gasteiger partial charge in [-0.3, -0.25) is 0 Å². The maximum Gasteiger partial charge on any atom is 0.375 e. The average molecular weight is 209 g/mol. The van der Waals surface area contributed by atoms with Gasteiger partial charge in [-0.15, -0.1) is 0 Å². The van der Waals surface area contributed by atoms with E-state index in [1.165, 1.54) is 0 Å². The normalized spacial score (nSPS) is 14.4. The van der Waals surface area contributed by atoms with Crippen molar-refractivity contribution in [3.05, 3.63) is 0 Å². The summed E-state index contributed by atoms with van der Waals surface area (Å²) in [6.45, 7) is 5.50. The molecule has 3 nitrogen and oxygen atoms in total. The first-order valence-corrected chi connectivity index (χ1v) is 4.59. The number of hydrogen-bond acceptors (Lipinski definition) is 2. The third-order valence-electron chi connectivity index (χ3n) is 2.26. The summed E-state index contributed by atoms with van der Waals surface area (Å²) >= 11 is 0. The quantitative estimate of drug-likeness (QED) is 0.698. The SMILES string of the molecule is CC(C)C(C)CNCC(F)(F)C(=O)O. The van der Waals surface area contributed by atoms with E-state index in [2.05, 4.69) is 5.32 Å². The second kappa shape index (κ2) is 5.24. The minimum absolute atomic E-state index is 0.250. The highest BCUT2D eigenvalue weighted by molar-refractivity contribution is 5.75. The highest BCUT2D eigenvalue weighted by atomic mass is 19.3. The molecule has 0 aromatic heterocycles. The molecule has 0 radical (unpaired) electrons. The molecule has 1 unspecified atom stereocenters. The lowest BCUT2D eigenvalue weighted by Crippen LogP contribution is -2.41. The number of carboxylic acid groups (broad SMARTS) is 1. The predicted octanol–water partition coefficient (Wildman–Crippen LogP) is 1.59. The number of hydrogen-bond donors (Lipinski definition) is 2. The van der Waals surface area contributed by atoms with Crippen LogP contribution in [0.3, 0.4) is 0 Å². The largest absolute Gasteiger partial charge is 0.477 e. The highest BCUT2D eigenvalue weighted by Gasteiger charge is 2.38. The third-order valence-corrected chi connectivity index (χ3v) is 2.26. The van der Waals surface area contributed by atoms with Gasteiger partial charge in [-0.2, -0.15) is 8.78 Å². The molecule has 84 valence electrons. The maximum absolute atomic E-state index is 12.5. The van der Waals surface area contributed by atoms with Gasteiger partial charge in [-0.25, -0.2) is 4.79 Å². The number of carboxylic acids is 1. The molecular formula is C9H17F2NO2. The van der Waals surface area contributed by atoms with Crippen molar-refractivity contribution in [3.63, 3.8) is 0 Å². The number of aliphatic carboxylic acids is 1. The molecule has 0 fully saturated rings. The lowest BCUT2D eigenvalue weighted by Gasteiger charge is -2.18. The zero-order chi connectivity index (χ0) is 11.4. The minimum atomic E-state index is -3.67. The van der Waals surface area contributed by atoms with Crippen LogP contribution in [0.4, 0.5) is 8.78 Å². The molecule has 0 bridgehead atoms. The van der Waals surface area contributed by atoms with Crippen molar-refractivity contribution in [2.45, 2.75) is 26.7 Å². The molecule has 0 rings (SSSR count). The molecule has 0 saturated carbocycles. The summed E-state index contributed by atoms with van der Waals surface area (Å²) in [5.74, 6) is -5.11. The Morgan fingerprint density at radius 2 is 1.93 bits per heavy atom. The molecule has 0 spiro atoms. The Bertz CT molecular complexity index is 195. The summed E-state index contributed by atoms with van der Waals surface area (Å²) in [4.78, 5) is 10.0. The van der Waals surface area contributed by atoms with Crippen LogP contribution in [-0.2, 0) is 4.79 Å². The molecule has 0 aliphatic carbocycles. The Morgan fingerprint density at radius 1 is 1.43 bits per heavy atom. The van der Waals surface area contributed by atoms with Gasteiger partial charge in [0.2, 0.25) is 0 Å². The molecule has 2 N–H and O–H groups in total. The van der Waals surface area contributed by atoms with Gasteiger partial charge < -0.3 is 10.4 Å². The Balaban J connectivity index is 3.79. The fraction of sp³-hybridized carbons (Fsp3) is 0.889. The van der Waals surface area contributed by atoms with Gasteiger partial charge in [0, 0.05) is 0 Å². The van der Waals surface area contributed by atoms with Crippen LogP contribution in [-0.4, -0.2) is 30.1 Å². The van der Waals surface area contributed by atoms with Gasteiger partial charge in [-0.1, -0.05) is 20.8 Å².